The fraction of sp³-hybridized carbons (Fsp3) is 0.450. The molecule has 0 saturated heterocycles. The normalized spacial score (nSPS) is 14.2. The molecule has 0 aliphatic heterocycles. The number of thioether (sulfide) groups is 1. The van der Waals surface area contributed by atoms with E-state index in [4.69, 9.17) is 14.2 Å². The zero-order valence-corrected chi connectivity index (χ0v) is 16.3. The molecule has 5 heteroatoms. The first-order valence-electron chi connectivity index (χ1n) is 8.17. The molecule has 0 saturated carbocycles. The molecule has 0 N–H and O–H groups in total. The first kappa shape index (κ1) is 21.5. The van der Waals surface area contributed by atoms with Gasteiger partial charge in [0, 0.05) is 20.6 Å². The largest absolute Gasteiger partial charge is 0.460 e. The topological polar surface area (TPSA) is 44.8 Å². The van der Waals surface area contributed by atoms with Gasteiger partial charge in [-0.15, -0.1) is 11.8 Å². The van der Waals surface area contributed by atoms with E-state index in [-0.39, 0.29) is 18.9 Å². The number of rotatable bonds is 11. The Labute approximate surface area is 155 Å². The van der Waals surface area contributed by atoms with Gasteiger partial charge >= 0.3 is 5.97 Å². The maximum absolute atomic E-state index is 12.7. The highest BCUT2D eigenvalue weighted by molar-refractivity contribution is 8.01. The van der Waals surface area contributed by atoms with Crippen LogP contribution in [0.25, 0.3) is 0 Å². The molecular formula is C20H28O4S. The molecule has 1 aromatic rings. The van der Waals surface area contributed by atoms with Crippen LogP contribution in [-0.2, 0) is 25.6 Å². The predicted molar refractivity (Wildman–Crippen MR) is 103 cm³/mol. The first-order chi connectivity index (χ1) is 11.9. The van der Waals surface area contributed by atoms with Crippen LogP contribution in [-0.4, -0.2) is 37.0 Å². The van der Waals surface area contributed by atoms with Crippen molar-refractivity contribution < 1.29 is 19.0 Å². The highest BCUT2D eigenvalue weighted by atomic mass is 32.2. The van der Waals surface area contributed by atoms with Crippen molar-refractivity contribution in [1.82, 2.24) is 0 Å². The minimum Gasteiger partial charge on any atom is -0.460 e. The van der Waals surface area contributed by atoms with Crippen molar-refractivity contribution in [2.24, 2.45) is 0 Å². The van der Waals surface area contributed by atoms with Gasteiger partial charge in [0.1, 0.15) is 11.4 Å². The van der Waals surface area contributed by atoms with E-state index in [1.807, 2.05) is 50.3 Å². The number of ether oxygens (including phenoxy) is 3. The summed E-state index contributed by atoms with van der Waals surface area (Å²) in [6.07, 6.45) is 4.03. The Hall–Kier alpha value is -1.56. The Morgan fingerprint density at radius 3 is 2.48 bits per heavy atom. The van der Waals surface area contributed by atoms with E-state index >= 15 is 0 Å². The van der Waals surface area contributed by atoms with Crippen LogP contribution in [0.1, 0.15) is 25.8 Å². The van der Waals surface area contributed by atoms with E-state index in [0.29, 0.717) is 12.2 Å². The lowest BCUT2D eigenvalue weighted by atomic mass is 10.1. The third-order valence-corrected chi connectivity index (χ3v) is 5.05. The second kappa shape index (κ2) is 11.1. The smallest absolute Gasteiger partial charge is 0.326 e. The van der Waals surface area contributed by atoms with Crippen LogP contribution in [0.3, 0.4) is 0 Å². The number of esters is 1. The summed E-state index contributed by atoms with van der Waals surface area (Å²) in [6.45, 7) is 7.81. The minimum absolute atomic E-state index is 0.259. The van der Waals surface area contributed by atoms with Crippen molar-refractivity contribution in [2.45, 2.75) is 37.9 Å². The number of allylic oxidation sites excluding steroid dienone is 2. The van der Waals surface area contributed by atoms with E-state index in [0.717, 1.165) is 11.1 Å². The quantitative estimate of drug-likeness (QED) is 0.332. The Morgan fingerprint density at radius 2 is 1.92 bits per heavy atom. The molecule has 0 heterocycles. The summed E-state index contributed by atoms with van der Waals surface area (Å²) in [5.41, 5.74) is 1.90. The molecule has 0 spiro atoms. The number of hydrogen-bond acceptors (Lipinski definition) is 5. The Kier molecular flexibility index (Phi) is 9.57. The Bertz CT molecular complexity index is 566. The highest BCUT2D eigenvalue weighted by Gasteiger charge is 2.33. The third kappa shape index (κ3) is 7.46. The summed E-state index contributed by atoms with van der Waals surface area (Å²) in [5.74, 6) is 0.429. The van der Waals surface area contributed by atoms with Gasteiger partial charge in [0.25, 0.3) is 0 Å². The molecular weight excluding hydrogens is 336 g/mol. The average molecular weight is 365 g/mol. The van der Waals surface area contributed by atoms with Crippen molar-refractivity contribution in [3.05, 3.63) is 60.2 Å². The lowest BCUT2D eigenvalue weighted by Crippen LogP contribution is -2.32. The van der Waals surface area contributed by atoms with E-state index in [9.17, 15) is 4.79 Å². The second-order valence-corrected chi connectivity index (χ2v) is 7.34. The number of methoxy groups -OCH3 is 2. The van der Waals surface area contributed by atoms with Crippen LogP contribution in [0, 0.1) is 0 Å². The maximum atomic E-state index is 12.7. The summed E-state index contributed by atoms with van der Waals surface area (Å²) in [7, 11) is 3.21. The fourth-order valence-electron chi connectivity index (χ4n) is 2.22. The van der Waals surface area contributed by atoms with Gasteiger partial charge < -0.3 is 14.2 Å². The molecule has 1 atom stereocenters. The maximum Gasteiger partial charge on any atom is 0.326 e. The molecule has 1 aromatic carbocycles. The van der Waals surface area contributed by atoms with Crippen LogP contribution in [0.4, 0.5) is 0 Å². The monoisotopic (exact) mass is 364 g/mol. The number of hydrogen-bond donors (Lipinski definition) is 0. The van der Waals surface area contributed by atoms with Crippen molar-refractivity contribution in [3.8, 4) is 0 Å². The SMILES string of the molecule is C=C/C(C)=C/[C@@](C)(SCCC(OC)OC)C(=O)OCc1ccccc1. The standard InChI is InChI=1S/C20H28O4S/c1-6-16(2)14-20(3,25-13-12-18(22-4)23-5)19(21)24-15-17-10-8-7-9-11-17/h6-11,14,18H,1,12-13,15H2,2-5H3/b16-14+/t20-/m1/s1. The summed E-state index contributed by atoms with van der Waals surface area (Å²) >= 11 is 1.51. The predicted octanol–water partition coefficient (Wildman–Crippen LogP) is 4.36. The van der Waals surface area contributed by atoms with Crippen molar-refractivity contribution in [2.75, 3.05) is 20.0 Å². The van der Waals surface area contributed by atoms with E-state index in [1.165, 1.54) is 11.8 Å². The fourth-order valence-corrected chi connectivity index (χ4v) is 3.40. The van der Waals surface area contributed by atoms with Gasteiger partial charge in [-0.1, -0.05) is 54.6 Å². The molecule has 1 rings (SSSR count). The van der Waals surface area contributed by atoms with Crippen LogP contribution in [0.15, 0.2) is 54.6 Å². The number of benzene rings is 1. The third-order valence-electron chi connectivity index (χ3n) is 3.72. The van der Waals surface area contributed by atoms with Crippen LogP contribution in [0.2, 0.25) is 0 Å². The number of carbonyl (C=O) groups excluding carboxylic acids is 1. The summed E-state index contributed by atoms with van der Waals surface area (Å²) in [5, 5.41) is 0. The van der Waals surface area contributed by atoms with Crippen LogP contribution < -0.4 is 0 Å². The first-order valence-corrected chi connectivity index (χ1v) is 9.16. The number of carbonyl (C=O) groups is 1. The molecule has 0 radical (unpaired) electrons. The van der Waals surface area contributed by atoms with Gasteiger partial charge in [0.2, 0.25) is 0 Å². The van der Waals surface area contributed by atoms with Gasteiger partial charge in [-0.2, -0.15) is 0 Å². The summed E-state index contributed by atoms with van der Waals surface area (Å²) < 4.78 is 15.2. The summed E-state index contributed by atoms with van der Waals surface area (Å²) in [4.78, 5) is 12.7. The minimum atomic E-state index is -0.793. The molecule has 0 fully saturated rings. The molecule has 0 aliphatic carbocycles. The van der Waals surface area contributed by atoms with E-state index < -0.39 is 4.75 Å². The molecule has 25 heavy (non-hydrogen) atoms. The molecule has 0 bridgehead atoms. The Morgan fingerprint density at radius 1 is 1.28 bits per heavy atom. The second-order valence-electron chi connectivity index (χ2n) is 5.80. The average Bonchev–Trinajstić information content (AvgIpc) is 2.64. The van der Waals surface area contributed by atoms with Crippen molar-refractivity contribution >= 4 is 17.7 Å². The lowest BCUT2D eigenvalue weighted by Gasteiger charge is -2.25. The highest BCUT2D eigenvalue weighted by Crippen LogP contribution is 2.31. The van der Waals surface area contributed by atoms with Gasteiger partial charge in [0.05, 0.1) is 0 Å². The van der Waals surface area contributed by atoms with Crippen molar-refractivity contribution in [1.29, 1.82) is 0 Å². The van der Waals surface area contributed by atoms with E-state index in [1.54, 1.807) is 20.3 Å². The molecule has 4 nitrogen and oxygen atoms in total. The van der Waals surface area contributed by atoms with Crippen LogP contribution in [0.5, 0.6) is 0 Å². The summed E-state index contributed by atoms with van der Waals surface area (Å²) in [6, 6.07) is 9.65. The van der Waals surface area contributed by atoms with Crippen molar-refractivity contribution in [3.63, 3.8) is 0 Å². The molecule has 138 valence electrons. The molecule has 0 amide bonds. The zero-order chi connectivity index (χ0) is 18.7. The zero-order valence-electron chi connectivity index (χ0n) is 15.5. The van der Waals surface area contributed by atoms with Gasteiger partial charge in [0.15, 0.2) is 6.29 Å². The van der Waals surface area contributed by atoms with Crippen LogP contribution >= 0.6 is 11.8 Å². The molecule has 0 unspecified atom stereocenters. The lowest BCUT2D eigenvalue weighted by molar-refractivity contribution is -0.146. The Balaban J connectivity index is 2.76. The van der Waals surface area contributed by atoms with E-state index in [2.05, 4.69) is 6.58 Å². The van der Waals surface area contributed by atoms with Gasteiger partial charge in [-0.25, -0.2) is 0 Å². The molecule has 0 aromatic heterocycles. The van der Waals surface area contributed by atoms with Gasteiger partial charge in [-0.05, 0) is 25.2 Å². The van der Waals surface area contributed by atoms with Gasteiger partial charge in [-0.3, -0.25) is 4.79 Å². The molecule has 0 aliphatic rings.